The zero-order chi connectivity index (χ0) is 11.0. The van der Waals surface area contributed by atoms with Crippen LogP contribution in [0.5, 0.6) is 0 Å². The van der Waals surface area contributed by atoms with Crippen LogP contribution >= 0.6 is 11.3 Å². The van der Waals surface area contributed by atoms with Crippen molar-refractivity contribution in [3.8, 4) is 0 Å². The summed E-state index contributed by atoms with van der Waals surface area (Å²) in [6, 6.07) is 2.16. The van der Waals surface area contributed by atoms with Gasteiger partial charge < -0.3 is 0 Å². The molecule has 2 heteroatoms. The number of nitrogens with zero attached hydrogens (tertiary/aromatic N) is 1. The summed E-state index contributed by atoms with van der Waals surface area (Å²) in [4.78, 5) is 5.63. The van der Waals surface area contributed by atoms with Crippen molar-refractivity contribution in [3.63, 3.8) is 0 Å². The first kappa shape index (κ1) is 10.6. The Kier molecular flexibility index (Phi) is 2.79. The van der Waals surface area contributed by atoms with Gasteiger partial charge in [0.1, 0.15) is 4.83 Å². The molecule has 0 fully saturated rings. The van der Waals surface area contributed by atoms with Crippen molar-refractivity contribution >= 4 is 21.6 Å². The number of thiophene rings is 1. The lowest BCUT2D eigenvalue weighted by Crippen LogP contribution is -1.93. The molecule has 80 valence electrons. The Hall–Kier alpha value is -0.890. The van der Waals surface area contributed by atoms with Crippen LogP contribution in [0.25, 0.3) is 10.2 Å². The molecule has 0 aliphatic carbocycles. The molecule has 0 aromatic carbocycles. The molecule has 0 unspecified atom stereocenters. The maximum atomic E-state index is 4.45. The predicted molar refractivity (Wildman–Crippen MR) is 67.8 cm³/mol. The third-order valence-corrected chi connectivity index (χ3v) is 3.68. The molecule has 0 aliphatic heterocycles. The lowest BCUT2D eigenvalue weighted by atomic mass is 9.95. The van der Waals surface area contributed by atoms with E-state index in [0.29, 0.717) is 11.8 Å². The van der Waals surface area contributed by atoms with Crippen molar-refractivity contribution in [2.24, 2.45) is 0 Å². The minimum Gasteiger partial charge on any atom is -0.245 e. The van der Waals surface area contributed by atoms with Crippen LogP contribution < -0.4 is 0 Å². The van der Waals surface area contributed by atoms with Crippen molar-refractivity contribution in [2.45, 2.75) is 39.5 Å². The average Bonchev–Trinajstić information content (AvgIpc) is 2.60. The van der Waals surface area contributed by atoms with Gasteiger partial charge in [0.2, 0.25) is 0 Å². The summed E-state index contributed by atoms with van der Waals surface area (Å²) in [6.45, 7) is 8.99. The molecule has 2 heterocycles. The summed E-state index contributed by atoms with van der Waals surface area (Å²) in [7, 11) is 0. The molecule has 0 saturated carbocycles. The molecule has 2 aromatic heterocycles. The van der Waals surface area contributed by atoms with Gasteiger partial charge in [0.25, 0.3) is 0 Å². The Morgan fingerprint density at radius 3 is 2.33 bits per heavy atom. The van der Waals surface area contributed by atoms with Gasteiger partial charge in [0, 0.05) is 11.6 Å². The van der Waals surface area contributed by atoms with E-state index in [9.17, 15) is 0 Å². The van der Waals surface area contributed by atoms with Gasteiger partial charge in [0.15, 0.2) is 0 Å². The summed E-state index contributed by atoms with van der Waals surface area (Å²) in [5.74, 6) is 1.16. The molecular formula is C13H17NS. The van der Waals surface area contributed by atoms with E-state index in [0.717, 1.165) is 0 Å². The van der Waals surface area contributed by atoms with E-state index in [1.165, 1.54) is 21.3 Å². The topological polar surface area (TPSA) is 12.9 Å². The van der Waals surface area contributed by atoms with Crippen LogP contribution in [0.3, 0.4) is 0 Å². The van der Waals surface area contributed by atoms with Gasteiger partial charge >= 0.3 is 0 Å². The fraction of sp³-hybridized carbons (Fsp3) is 0.462. The normalized spacial score (nSPS) is 11.9. The Bertz CT molecular complexity index is 468. The molecular weight excluding hydrogens is 202 g/mol. The van der Waals surface area contributed by atoms with E-state index in [1.807, 2.05) is 6.20 Å². The van der Waals surface area contributed by atoms with Gasteiger partial charge in [-0.1, -0.05) is 27.7 Å². The van der Waals surface area contributed by atoms with Crippen molar-refractivity contribution in [3.05, 3.63) is 28.8 Å². The molecule has 0 saturated heterocycles. The molecule has 0 radical (unpaired) electrons. The van der Waals surface area contributed by atoms with E-state index in [2.05, 4.69) is 44.1 Å². The van der Waals surface area contributed by atoms with Crippen molar-refractivity contribution in [2.75, 3.05) is 0 Å². The molecule has 0 atom stereocenters. The van der Waals surface area contributed by atoms with Crippen LogP contribution in [-0.2, 0) is 0 Å². The highest BCUT2D eigenvalue weighted by atomic mass is 32.1. The highest BCUT2D eigenvalue weighted by molar-refractivity contribution is 7.17. The largest absolute Gasteiger partial charge is 0.245 e. The summed E-state index contributed by atoms with van der Waals surface area (Å²) in [5.41, 5.74) is 2.89. The van der Waals surface area contributed by atoms with Gasteiger partial charge in [-0.05, 0) is 34.4 Å². The minimum atomic E-state index is 0.572. The average molecular weight is 219 g/mol. The van der Waals surface area contributed by atoms with Crippen LogP contribution in [0.15, 0.2) is 17.6 Å². The van der Waals surface area contributed by atoms with Crippen molar-refractivity contribution < 1.29 is 0 Å². The van der Waals surface area contributed by atoms with Crippen molar-refractivity contribution in [1.82, 2.24) is 4.98 Å². The Labute approximate surface area is 95.2 Å². The molecule has 0 spiro atoms. The second-order valence-electron chi connectivity index (χ2n) is 4.58. The second kappa shape index (κ2) is 3.93. The van der Waals surface area contributed by atoms with Crippen LogP contribution in [0.1, 0.15) is 50.7 Å². The highest BCUT2D eigenvalue weighted by Crippen LogP contribution is 2.34. The van der Waals surface area contributed by atoms with Gasteiger partial charge in [-0.2, -0.15) is 0 Å². The maximum Gasteiger partial charge on any atom is 0.123 e. The summed E-state index contributed by atoms with van der Waals surface area (Å²) < 4.78 is 0. The van der Waals surface area contributed by atoms with E-state index in [1.54, 1.807) is 11.3 Å². The Morgan fingerprint density at radius 2 is 1.73 bits per heavy atom. The molecule has 15 heavy (non-hydrogen) atoms. The van der Waals surface area contributed by atoms with Gasteiger partial charge in [-0.25, -0.2) is 4.98 Å². The molecule has 2 rings (SSSR count). The zero-order valence-corrected chi connectivity index (χ0v) is 10.6. The van der Waals surface area contributed by atoms with Gasteiger partial charge in [-0.3, -0.25) is 0 Å². The first-order valence-electron chi connectivity index (χ1n) is 5.47. The number of fused-ring (bicyclic) bond motifs is 1. The molecule has 0 bridgehead atoms. The molecule has 2 aromatic rings. The van der Waals surface area contributed by atoms with Crippen LogP contribution in [0, 0.1) is 0 Å². The minimum absolute atomic E-state index is 0.572. The zero-order valence-electron chi connectivity index (χ0n) is 9.74. The fourth-order valence-electron chi connectivity index (χ4n) is 1.92. The van der Waals surface area contributed by atoms with Crippen LogP contribution in [-0.4, -0.2) is 4.98 Å². The molecule has 0 amide bonds. The third-order valence-electron chi connectivity index (χ3n) is 2.78. The first-order chi connectivity index (χ1) is 7.11. The smallest absolute Gasteiger partial charge is 0.123 e. The second-order valence-corrected chi connectivity index (χ2v) is 5.44. The number of pyridine rings is 1. The van der Waals surface area contributed by atoms with E-state index in [4.69, 9.17) is 0 Å². The van der Waals surface area contributed by atoms with E-state index in [-0.39, 0.29) is 0 Å². The summed E-state index contributed by atoms with van der Waals surface area (Å²) in [6.07, 6.45) is 1.93. The van der Waals surface area contributed by atoms with Gasteiger partial charge in [0.05, 0.1) is 0 Å². The third kappa shape index (κ3) is 1.78. The Morgan fingerprint density at radius 1 is 1.07 bits per heavy atom. The van der Waals surface area contributed by atoms with E-state index >= 15 is 0 Å². The lowest BCUT2D eigenvalue weighted by molar-refractivity contribution is 0.855. The SMILES string of the molecule is CC(C)c1ccnc2scc(C(C)C)c12. The lowest BCUT2D eigenvalue weighted by Gasteiger charge is -2.10. The molecule has 0 N–H and O–H groups in total. The standard InChI is InChI=1S/C13H17NS/c1-8(2)10-5-6-14-13-12(10)11(7-15-13)9(3)4/h5-9H,1-4H3. The maximum absolute atomic E-state index is 4.45. The quantitative estimate of drug-likeness (QED) is 0.722. The number of hydrogen-bond acceptors (Lipinski definition) is 2. The molecule has 0 aliphatic rings. The van der Waals surface area contributed by atoms with Crippen LogP contribution in [0.4, 0.5) is 0 Å². The molecule has 1 nitrogen and oxygen atoms in total. The van der Waals surface area contributed by atoms with E-state index < -0.39 is 0 Å². The number of hydrogen-bond donors (Lipinski definition) is 0. The fourth-order valence-corrected chi connectivity index (χ4v) is 3.02. The Balaban J connectivity index is 2.75. The number of aromatic nitrogens is 1. The monoisotopic (exact) mass is 219 g/mol. The highest BCUT2D eigenvalue weighted by Gasteiger charge is 2.13. The number of rotatable bonds is 2. The van der Waals surface area contributed by atoms with Crippen molar-refractivity contribution in [1.29, 1.82) is 0 Å². The predicted octanol–water partition coefficient (Wildman–Crippen LogP) is 4.54. The van der Waals surface area contributed by atoms with Crippen LogP contribution in [0.2, 0.25) is 0 Å². The van der Waals surface area contributed by atoms with Gasteiger partial charge in [-0.15, -0.1) is 11.3 Å². The summed E-state index contributed by atoms with van der Waals surface area (Å²) >= 11 is 1.76. The summed E-state index contributed by atoms with van der Waals surface area (Å²) in [5, 5.41) is 3.65. The first-order valence-corrected chi connectivity index (χ1v) is 6.35.